The number of unbranched alkanes of at least 4 members (excludes halogenated alkanes) is 1. The highest BCUT2D eigenvalue weighted by Gasteiger charge is 2.23. The first-order valence-electron chi connectivity index (χ1n) is 11.9. The molecule has 0 atom stereocenters. The fraction of sp³-hybridized carbons (Fsp3) is 0.259. The lowest BCUT2D eigenvalue weighted by Crippen LogP contribution is -2.26. The van der Waals surface area contributed by atoms with Gasteiger partial charge in [-0.3, -0.25) is 4.79 Å². The van der Waals surface area contributed by atoms with Crippen molar-refractivity contribution < 1.29 is 13.9 Å². The van der Waals surface area contributed by atoms with Crippen LogP contribution in [0.15, 0.2) is 63.5 Å². The molecule has 0 aliphatic carbocycles. The van der Waals surface area contributed by atoms with Crippen LogP contribution in [0.25, 0.3) is 21.7 Å². The summed E-state index contributed by atoms with van der Waals surface area (Å²) in [6, 6.07) is 17.9. The average Bonchev–Trinajstić information content (AvgIpc) is 3.54. The van der Waals surface area contributed by atoms with Crippen LogP contribution in [0.1, 0.15) is 47.3 Å². The van der Waals surface area contributed by atoms with Crippen LogP contribution in [0.4, 0.5) is 0 Å². The number of carbonyl (C=O) groups is 1. The van der Waals surface area contributed by atoms with Gasteiger partial charge in [0.25, 0.3) is 5.91 Å². The van der Waals surface area contributed by atoms with E-state index in [1.165, 1.54) is 0 Å². The third-order valence-corrected chi connectivity index (χ3v) is 6.99. The minimum absolute atomic E-state index is 0.108. The molecule has 2 aromatic heterocycles. The summed E-state index contributed by atoms with van der Waals surface area (Å²) < 4.78 is 12.7. The number of ether oxygens (including phenoxy) is 1. The number of hydrogen-bond donors (Lipinski definition) is 1. The van der Waals surface area contributed by atoms with Crippen molar-refractivity contribution >= 4 is 43.6 Å². The number of rotatable bonds is 9. The van der Waals surface area contributed by atoms with Gasteiger partial charge in [-0.05, 0) is 63.3 Å². The van der Waals surface area contributed by atoms with Gasteiger partial charge in [-0.15, -0.1) is 10.2 Å². The van der Waals surface area contributed by atoms with Crippen molar-refractivity contribution in [2.75, 3.05) is 7.05 Å². The third-order valence-electron chi connectivity index (χ3n) is 6.17. The molecule has 1 N–H and O–H groups in total. The number of tetrazole rings is 1. The molecule has 1 amide bonds. The summed E-state index contributed by atoms with van der Waals surface area (Å²) >= 11 is 3.65. The van der Waals surface area contributed by atoms with Gasteiger partial charge in [-0.25, -0.2) is 0 Å². The van der Waals surface area contributed by atoms with E-state index in [1.54, 1.807) is 4.90 Å². The topological polar surface area (TPSA) is 97.1 Å². The quantitative estimate of drug-likeness (QED) is 0.241. The molecule has 0 saturated carbocycles. The summed E-state index contributed by atoms with van der Waals surface area (Å²) in [7, 11) is 1.81. The molecule has 36 heavy (non-hydrogen) atoms. The van der Waals surface area contributed by atoms with Crippen molar-refractivity contribution in [3.8, 4) is 5.75 Å². The standard InChI is InChI=1S/C27H26BrN5O3/c1-3-4-7-21-20-8-5-6-9-22(20)36-26(21)27(34)33(2)15-17-10-12-19-18(14-17)11-13-23(25(19)28)35-16-24-29-31-32-30-24/h5-6,8-14H,3-4,7,15-16H2,1-2H3,(H,29,30,31,32). The van der Waals surface area contributed by atoms with E-state index in [9.17, 15) is 4.79 Å². The number of para-hydroxylation sites is 1. The van der Waals surface area contributed by atoms with Crippen LogP contribution in [0.5, 0.6) is 5.75 Å². The largest absolute Gasteiger partial charge is 0.484 e. The van der Waals surface area contributed by atoms with Crippen LogP contribution in [-0.2, 0) is 19.6 Å². The van der Waals surface area contributed by atoms with Gasteiger partial charge in [0.2, 0.25) is 5.82 Å². The van der Waals surface area contributed by atoms with E-state index in [0.29, 0.717) is 23.9 Å². The fourth-order valence-corrected chi connectivity index (χ4v) is 4.92. The minimum Gasteiger partial charge on any atom is -0.484 e. The Balaban J connectivity index is 1.35. The normalized spacial score (nSPS) is 11.3. The first-order valence-corrected chi connectivity index (χ1v) is 12.7. The summed E-state index contributed by atoms with van der Waals surface area (Å²) in [4.78, 5) is 15.1. The molecule has 0 spiro atoms. The Kier molecular flexibility index (Phi) is 6.99. The molecule has 9 heteroatoms. The number of nitrogens with zero attached hydrogens (tertiary/aromatic N) is 4. The van der Waals surface area contributed by atoms with Crippen molar-refractivity contribution in [1.82, 2.24) is 25.5 Å². The van der Waals surface area contributed by atoms with Crippen LogP contribution in [0.2, 0.25) is 0 Å². The number of benzene rings is 3. The van der Waals surface area contributed by atoms with Gasteiger partial charge in [-0.1, -0.05) is 55.0 Å². The van der Waals surface area contributed by atoms with Gasteiger partial charge in [-0.2, -0.15) is 5.21 Å². The Hall–Kier alpha value is -3.72. The average molecular weight is 548 g/mol. The lowest BCUT2D eigenvalue weighted by Gasteiger charge is -2.17. The maximum atomic E-state index is 13.4. The molecule has 2 heterocycles. The number of carbonyl (C=O) groups excluding carboxylic acids is 1. The second-order valence-corrected chi connectivity index (χ2v) is 9.51. The summed E-state index contributed by atoms with van der Waals surface area (Å²) in [5.74, 6) is 1.51. The number of fused-ring (bicyclic) bond motifs is 2. The van der Waals surface area contributed by atoms with E-state index in [2.05, 4.69) is 49.5 Å². The molecule has 0 radical (unpaired) electrons. The van der Waals surface area contributed by atoms with Crippen molar-refractivity contribution in [2.24, 2.45) is 0 Å². The molecule has 0 aliphatic rings. The lowest BCUT2D eigenvalue weighted by atomic mass is 10.0. The molecule has 0 saturated heterocycles. The predicted molar refractivity (Wildman–Crippen MR) is 141 cm³/mol. The summed E-state index contributed by atoms with van der Waals surface area (Å²) in [5.41, 5.74) is 2.78. The van der Waals surface area contributed by atoms with Gasteiger partial charge in [0, 0.05) is 24.5 Å². The Bertz CT molecular complexity index is 1510. The summed E-state index contributed by atoms with van der Waals surface area (Å²) in [6.45, 7) is 2.83. The van der Waals surface area contributed by atoms with Crippen molar-refractivity contribution in [1.29, 1.82) is 0 Å². The van der Waals surface area contributed by atoms with E-state index in [4.69, 9.17) is 9.15 Å². The smallest absolute Gasteiger partial charge is 0.289 e. The fourth-order valence-electron chi connectivity index (χ4n) is 4.31. The minimum atomic E-state index is -0.108. The Morgan fingerprint density at radius 3 is 2.81 bits per heavy atom. The van der Waals surface area contributed by atoms with Crippen LogP contribution in [0.3, 0.4) is 0 Å². The number of H-pyrrole nitrogens is 1. The van der Waals surface area contributed by atoms with E-state index in [0.717, 1.165) is 56.6 Å². The number of hydrogen-bond acceptors (Lipinski definition) is 6. The first kappa shape index (κ1) is 24.0. The van der Waals surface area contributed by atoms with Crippen LogP contribution < -0.4 is 4.74 Å². The highest BCUT2D eigenvalue weighted by molar-refractivity contribution is 9.10. The first-order chi connectivity index (χ1) is 17.5. The second-order valence-electron chi connectivity index (χ2n) is 8.72. The van der Waals surface area contributed by atoms with E-state index >= 15 is 0 Å². The number of amides is 1. The molecule has 0 aliphatic heterocycles. The molecule has 0 unspecified atom stereocenters. The highest BCUT2D eigenvalue weighted by atomic mass is 79.9. The van der Waals surface area contributed by atoms with E-state index in [1.807, 2.05) is 55.6 Å². The third kappa shape index (κ3) is 4.83. The number of aromatic amines is 1. The molecule has 5 aromatic rings. The monoisotopic (exact) mass is 547 g/mol. The Morgan fingerprint density at radius 2 is 2.00 bits per heavy atom. The van der Waals surface area contributed by atoms with Crippen molar-refractivity contribution in [2.45, 2.75) is 39.3 Å². The Morgan fingerprint density at radius 1 is 1.14 bits per heavy atom. The molecule has 0 bridgehead atoms. The van der Waals surface area contributed by atoms with Crippen LogP contribution >= 0.6 is 15.9 Å². The predicted octanol–water partition coefficient (Wildman–Crippen LogP) is 6.06. The van der Waals surface area contributed by atoms with Gasteiger partial charge in [0.05, 0.1) is 4.47 Å². The van der Waals surface area contributed by atoms with Gasteiger partial charge < -0.3 is 14.1 Å². The van der Waals surface area contributed by atoms with Crippen LogP contribution in [-0.4, -0.2) is 38.5 Å². The lowest BCUT2D eigenvalue weighted by molar-refractivity contribution is 0.0754. The number of aromatic nitrogens is 4. The van der Waals surface area contributed by atoms with Crippen molar-refractivity contribution in [3.63, 3.8) is 0 Å². The zero-order chi connectivity index (χ0) is 25.1. The van der Waals surface area contributed by atoms with E-state index < -0.39 is 0 Å². The number of nitrogens with one attached hydrogen (secondary N) is 1. The Labute approximate surface area is 216 Å². The molecule has 184 valence electrons. The molecular weight excluding hydrogens is 522 g/mol. The van der Waals surface area contributed by atoms with Gasteiger partial charge in [0.1, 0.15) is 11.3 Å². The SMILES string of the molecule is CCCCc1c(C(=O)N(C)Cc2ccc3c(Br)c(OCc4nn[nH]n4)ccc3c2)oc2ccccc12. The maximum absolute atomic E-state index is 13.4. The molecule has 3 aromatic carbocycles. The second kappa shape index (κ2) is 10.5. The highest BCUT2D eigenvalue weighted by Crippen LogP contribution is 2.34. The van der Waals surface area contributed by atoms with Crippen molar-refractivity contribution in [3.05, 3.63) is 81.8 Å². The van der Waals surface area contributed by atoms with Crippen LogP contribution in [0, 0.1) is 0 Å². The number of halogens is 1. The summed E-state index contributed by atoms with van der Waals surface area (Å²) in [5, 5.41) is 16.8. The molecule has 5 rings (SSSR count). The zero-order valence-electron chi connectivity index (χ0n) is 20.1. The maximum Gasteiger partial charge on any atom is 0.289 e. The summed E-state index contributed by atoms with van der Waals surface area (Å²) in [6.07, 6.45) is 2.89. The molecule has 8 nitrogen and oxygen atoms in total. The van der Waals surface area contributed by atoms with Gasteiger partial charge >= 0.3 is 0 Å². The zero-order valence-corrected chi connectivity index (χ0v) is 21.7. The number of furan rings is 1. The molecule has 0 fully saturated rings. The number of aryl methyl sites for hydroxylation is 1. The van der Waals surface area contributed by atoms with Gasteiger partial charge in [0.15, 0.2) is 12.4 Å². The molecular formula is C27H26BrN5O3. The van der Waals surface area contributed by atoms with E-state index in [-0.39, 0.29) is 12.5 Å².